The maximum Gasteiger partial charge on any atom is 0.173 e. The number of nitrogens with zero attached hydrogens (tertiary/aromatic N) is 3. The maximum absolute atomic E-state index is 5.93. The van der Waals surface area contributed by atoms with Crippen molar-refractivity contribution in [3.8, 4) is 17.2 Å². The van der Waals surface area contributed by atoms with Gasteiger partial charge in [-0.1, -0.05) is 62.6 Å². The van der Waals surface area contributed by atoms with Crippen molar-refractivity contribution >= 4 is 28.6 Å². The highest BCUT2D eigenvalue weighted by Crippen LogP contribution is 2.28. The average Bonchev–Trinajstić information content (AvgIpc) is 2.97. The normalized spacial score (nSPS) is 11.6. The summed E-state index contributed by atoms with van der Waals surface area (Å²) in [7, 11) is 3.27. The van der Waals surface area contributed by atoms with Gasteiger partial charge in [-0.15, -0.1) is 0 Å². The molecule has 0 bridgehead atoms. The van der Waals surface area contributed by atoms with Crippen LogP contribution < -0.4 is 19.6 Å². The lowest BCUT2D eigenvalue weighted by atomic mass is 10.2. The molecule has 1 N–H and O–H groups in total. The largest absolute Gasteiger partial charge is 0.494 e. The number of fused-ring (bicyclic) bond motifs is 1. The summed E-state index contributed by atoms with van der Waals surface area (Å²) in [5, 5.41) is 5.52. The standard InChI is InChI=1S/C31H34N4O3/c1-4-5-6-11-20-38-29-19-16-23(21-30(29)37-3)22-32-35-31(34-26-14-9-10-15-28(26)36-2)27-18-17-24-12-7-8-13-25(24)33-27/h7-10,12-19,21-22H,4-6,11,20H2,1-3H3,(H,34,35)/b32-22+. The molecule has 4 rings (SSSR count). The fraction of sp³-hybridized carbons (Fsp3) is 0.258. The van der Waals surface area contributed by atoms with Crippen molar-refractivity contribution in [2.75, 3.05) is 20.8 Å². The zero-order chi connectivity index (χ0) is 26.6. The quantitative estimate of drug-likeness (QED) is 0.0969. The van der Waals surface area contributed by atoms with Crippen LogP contribution in [0, 0.1) is 0 Å². The molecule has 0 spiro atoms. The first-order chi connectivity index (χ1) is 18.7. The van der Waals surface area contributed by atoms with E-state index in [2.05, 4.69) is 17.5 Å². The van der Waals surface area contributed by atoms with E-state index >= 15 is 0 Å². The lowest BCUT2D eigenvalue weighted by Gasteiger charge is -2.11. The van der Waals surface area contributed by atoms with E-state index < -0.39 is 0 Å². The Bertz CT molecular complexity index is 1400. The van der Waals surface area contributed by atoms with Crippen LogP contribution in [-0.4, -0.2) is 37.9 Å². The van der Waals surface area contributed by atoms with E-state index in [-0.39, 0.29) is 0 Å². The molecule has 1 aromatic heterocycles. The van der Waals surface area contributed by atoms with Crippen molar-refractivity contribution in [1.29, 1.82) is 0 Å². The molecule has 7 heteroatoms. The van der Waals surface area contributed by atoms with Gasteiger partial charge in [-0.3, -0.25) is 5.43 Å². The van der Waals surface area contributed by atoms with Gasteiger partial charge in [0.05, 0.1) is 32.6 Å². The number of pyridine rings is 1. The summed E-state index contributed by atoms with van der Waals surface area (Å²) in [5.74, 6) is 2.55. The molecule has 4 aromatic rings. The number of amidine groups is 1. The van der Waals surface area contributed by atoms with E-state index in [1.54, 1.807) is 20.4 Å². The van der Waals surface area contributed by atoms with Crippen molar-refractivity contribution < 1.29 is 14.2 Å². The molecule has 0 atom stereocenters. The minimum Gasteiger partial charge on any atom is -0.494 e. The van der Waals surface area contributed by atoms with Gasteiger partial charge in [-0.25, -0.2) is 9.98 Å². The Labute approximate surface area is 224 Å². The smallest absolute Gasteiger partial charge is 0.173 e. The molecule has 7 nitrogen and oxygen atoms in total. The van der Waals surface area contributed by atoms with Gasteiger partial charge in [0.1, 0.15) is 17.1 Å². The van der Waals surface area contributed by atoms with Gasteiger partial charge in [-0.05, 0) is 54.4 Å². The second kappa shape index (κ2) is 13.8. The molecule has 196 valence electrons. The van der Waals surface area contributed by atoms with Gasteiger partial charge in [-0.2, -0.15) is 5.10 Å². The first-order valence-electron chi connectivity index (χ1n) is 12.9. The van der Waals surface area contributed by atoms with Crippen molar-refractivity contribution in [3.05, 3.63) is 90.1 Å². The summed E-state index contributed by atoms with van der Waals surface area (Å²) in [6.45, 7) is 2.87. The van der Waals surface area contributed by atoms with Gasteiger partial charge in [0.15, 0.2) is 17.3 Å². The lowest BCUT2D eigenvalue weighted by molar-refractivity contribution is 0.285. The van der Waals surface area contributed by atoms with Crippen LogP contribution in [0.3, 0.4) is 0 Å². The highest BCUT2D eigenvalue weighted by atomic mass is 16.5. The minimum atomic E-state index is 0.496. The van der Waals surface area contributed by atoms with Crippen LogP contribution in [-0.2, 0) is 0 Å². The first-order valence-corrected chi connectivity index (χ1v) is 12.9. The summed E-state index contributed by atoms with van der Waals surface area (Å²) >= 11 is 0. The van der Waals surface area contributed by atoms with Gasteiger partial charge < -0.3 is 14.2 Å². The number of hydrazone groups is 1. The number of para-hydroxylation sites is 3. The monoisotopic (exact) mass is 510 g/mol. The van der Waals surface area contributed by atoms with Crippen molar-refractivity contribution in [1.82, 2.24) is 10.4 Å². The molecule has 0 saturated heterocycles. The number of rotatable bonds is 12. The predicted octanol–water partition coefficient (Wildman–Crippen LogP) is 6.91. The van der Waals surface area contributed by atoms with Crippen LogP contribution in [0.25, 0.3) is 10.9 Å². The van der Waals surface area contributed by atoms with Gasteiger partial charge >= 0.3 is 0 Å². The molecule has 0 radical (unpaired) electrons. The molecule has 0 aliphatic carbocycles. The fourth-order valence-electron chi connectivity index (χ4n) is 3.94. The van der Waals surface area contributed by atoms with E-state index in [1.165, 1.54) is 19.3 Å². The third-order valence-electron chi connectivity index (χ3n) is 5.99. The Morgan fingerprint density at radius 3 is 2.50 bits per heavy atom. The minimum absolute atomic E-state index is 0.496. The third kappa shape index (κ3) is 7.09. The predicted molar refractivity (Wildman–Crippen MR) is 154 cm³/mol. The topological polar surface area (TPSA) is 77.3 Å². The summed E-state index contributed by atoms with van der Waals surface area (Å²) in [6.07, 6.45) is 6.33. The average molecular weight is 511 g/mol. The van der Waals surface area contributed by atoms with E-state index in [0.29, 0.717) is 35.3 Å². The van der Waals surface area contributed by atoms with Crippen LogP contribution in [0.15, 0.2) is 89.0 Å². The second-order valence-electron chi connectivity index (χ2n) is 8.71. The van der Waals surface area contributed by atoms with Gasteiger partial charge in [0.2, 0.25) is 0 Å². The molecule has 0 amide bonds. The number of aromatic nitrogens is 1. The zero-order valence-electron chi connectivity index (χ0n) is 22.2. The molecule has 0 fully saturated rings. The molecular weight excluding hydrogens is 476 g/mol. The zero-order valence-corrected chi connectivity index (χ0v) is 22.2. The number of nitrogens with one attached hydrogen (secondary N) is 1. The SMILES string of the molecule is CCCCCCOc1ccc(/C=N/NC(=Nc2ccccc2OC)c2ccc3ccccc3n2)cc1OC. The van der Waals surface area contributed by atoms with Crippen molar-refractivity contribution in [3.63, 3.8) is 0 Å². The Kier molecular flexibility index (Phi) is 9.68. The number of hydrogen-bond acceptors (Lipinski definition) is 6. The van der Waals surface area contributed by atoms with Crippen LogP contribution in [0.5, 0.6) is 17.2 Å². The molecule has 0 saturated carbocycles. The summed E-state index contributed by atoms with van der Waals surface area (Å²) < 4.78 is 17.0. The summed E-state index contributed by atoms with van der Waals surface area (Å²) in [4.78, 5) is 9.59. The molecule has 0 unspecified atom stereocenters. The number of unbranched alkanes of at least 4 members (excludes halogenated alkanes) is 3. The maximum atomic E-state index is 5.93. The van der Waals surface area contributed by atoms with Crippen molar-refractivity contribution in [2.24, 2.45) is 10.1 Å². The Morgan fingerprint density at radius 2 is 1.66 bits per heavy atom. The molecule has 1 heterocycles. The lowest BCUT2D eigenvalue weighted by Crippen LogP contribution is -2.20. The van der Waals surface area contributed by atoms with Crippen molar-refractivity contribution in [2.45, 2.75) is 32.6 Å². The molecule has 0 aliphatic heterocycles. The van der Waals surface area contributed by atoms with Crippen LogP contribution in [0.1, 0.15) is 43.9 Å². The van der Waals surface area contributed by atoms with Crippen LogP contribution >= 0.6 is 0 Å². The Morgan fingerprint density at radius 1 is 0.842 bits per heavy atom. The van der Waals surface area contributed by atoms with Crippen LogP contribution in [0.2, 0.25) is 0 Å². The van der Waals surface area contributed by atoms with E-state index in [0.717, 1.165) is 28.6 Å². The van der Waals surface area contributed by atoms with E-state index in [4.69, 9.17) is 24.2 Å². The second-order valence-corrected chi connectivity index (χ2v) is 8.71. The van der Waals surface area contributed by atoms with Gasteiger partial charge in [0, 0.05) is 5.39 Å². The highest BCUT2D eigenvalue weighted by Gasteiger charge is 2.10. The number of ether oxygens (including phenoxy) is 3. The van der Waals surface area contributed by atoms with Crippen LogP contribution in [0.4, 0.5) is 5.69 Å². The molecule has 3 aromatic carbocycles. The number of hydrogen-bond donors (Lipinski definition) is 1. The van der Waals surface area contributed by atoms with E-state index in [9.17, 15) is 0 Å². The van der Waals surface area contributed by atoms with E-state index in [1.807, 2.05) is 78.9 Å². The summed E-state index contributed by atoms with van der Waals surface area (Å²) in [6, 6.07) is 25.2. The Balaban J connectivity index is 1.56. The highest BCUT2D eigenvalue weighted by molar-refractivity contribution is 6.01. The third-order valence-corrected chi connectivity index (χ3v) is 5.99. The Hall–Kier alpha value is -4.39. The number of methoxy groups -OCH3 is 2. The summed E-state index contributed by atoms with van der Waals surface area (Å²) in [5.41, 5.74) is 6.15. The molecule has 38 heavy (non-hydrogen) atoms. The number of benzene rings is 3. The fourth-order valence-corrected chi connectivity index (χ4v) is 3.94. The molecular formula is C31H34N4O3. The van der Waals surface area contributed by atoms with Gasteiger partial charge in [0.25, 0.3) is 0 Å². The molecule has 0 aliphatic rings. The first kappa shape index (κ1) is 26.7. The number of aliphatic imine (C=N–C) groups is 1.